The van der Waals surface area contributed by atoms with E-state index < -0.39 is 5.60 Å². The molecule has 0 bridgehead atoms. The van der Waals surface area contributed by atoms with Crippen molar-refractivity contribution in [3.05, 3.63) is 11.9 Å². The molecule has 0 aliphatic heterocycles. The molecule has 1 atom stereocenters. The van der Waals surface area contributed by atoms with Crippen LogP contribution >= 0.6 is 0 Å². The molecule has 1 aromatic rings. The minimum atomic E-state index is -0.950. The molecule has 0 aromatic carbocycles. The van der Waals surface area contributed by atoms with Crippen LogP contribution in [0.25, 0.3) is 0 Å². The highest BCUT2D eigenvalue weighted by Crippen LogP contribution is 2.35. The summed E-state index contributed by atoms with van der Waals surface area (Å²) in [6.45, 7) is 7.38. The lowest BCUT2D eigenvalue weighted by Crippen LogP contribution is -2.33. The number of hydrogen-bond acceptors (Lipinski definition) is 4. The van der Waals surface area contributed by atoms with Gasteiger partial charge < -0.3 is 14.7 Å². The molecule has 1 N–H and O–H groups in total. The highest BCUT2D eigenvalue weighted by atomic mass is 16.5. The third kappa shape index (κ3) is 3.03. The number of aromatic nitrogens is 2. The Balaban J connectivity index is 3.10. The number of hydrogen-bond donors (Lipinski definition) is 1. The van der Waals surface area contributed by atoms with Crippen LogP contribution in [-0.4, -0.2) is 47.5 Å². The van der Waals surface area contributed by atoms with Crippen molar-refractivity contribution < 1.29 is 9.84 Å². The van der Waals surface area contributed by atoms with Crippen molar-refractivity contribution >= 4 is 0 Å². The number of aliphatic hydroxyl groups is 1. The molecule has 0 spiro atoms. The average molecular weight is 255 g/mol. The van der Waals surface area contributed by atoms with Crippen molar-refractivity contribution in [3.63, 3.8) is 0 Å². The van der Waals surface area contributed by atoms with E-state index in [-0.39, 0.29) is 5.92 Å². The summed E-state index contributed by atoms with van der Waals surface area (Å²) in [5.74, 6) is 0.730. The Bertz CT molecular complexity index is 384. The van der Waals surface area contributed by atoms with Crippen LogP contribution < -0.4 is 4.74 Å². The molecule has 5 heteroatoms. The van der Waals surface area contributed by atoms with E-state index in [1.165, 1.54) is 0 Å². The minimum Gasteiger partial charge on any atom is -0.493 e. The van der Waals surface area contributed by atoms with Crippen molar-refractivity contribution in [3.8, 4) is 5.75 Å². The average Bonchev–Trinajstić information content (AvgIpc) is 2.69. The molecule has 0 saturated heterocycles. The molecule has 1 heterocycles. The van der Waals surface area contributed by atoms with Crippen LogP contribution in [0.15, 0.2) is 6.20 Å². The second-order valence-corrected chi connectivity index (χ2v) is 5.39. The SMILES string of the molecule is COc1cnn(CCN(C)C)c1C(C)(O)C(C)C. The molecular formula is C13H25N3O2. The van der Waals surface area contributed by atoms with Gasteiger partial charge in [-0.2, -0.15) is 5.10 Å². The maximum Gasteiger partial charge on any atom is 0.162 e. The predicted molar refractivity (Wildman–Crippen MR) is 71.7 cm³/mol. The van der Waals surface area contributed by atoms with Gasteiger partial charge in [0.05, 0.1) is 19.9 Å². The first kappa shape index (κ1) is 15.0. The first-order valence-corrected chi connectivity index (χ1v) is 6.28. The normalized spacial score (nSPS) is 15.2. The molecule has 0 fully saturated rings. The van der Waals surface area contributed by atoms with Gasteiger partial charge in [0.1, 0.15) is 11.3 Å². The second-order valence-electron chi connectivity index (χ2n) is 5.39. The Morgan fingerprint density at radius 2 is 2.11 bits per heavy atom. The summed E-state index contributed by atoms with van der Waals surface area (Å²) in [6.07, 6.45) is 1.67. The zero-order valence-corrected chi connectivity index (χ0v) is 12.3. The zero-order valence-electron chi connectivity index (χ0n) is 12.3. The maximum absolute atomic E-state index is 10.7. The van der Waals surface area contributed by atoms with Crippen LogP contribution in [0.5, 0.6) is 5.75 Å². The van der Waals surface area contributed by atoms with E-state index in [9.17, 15) is 5.11 Å². The van der Waals surface area contributed by atoms with Crippen LogP contribution in [-0.2, 0) is 12.1 Å². The van der Waals surface area contributed by atoms with Gasteiger partial charge >= 0.3 is 0 Å². The van der Waals surface area contributed by atoms with E-state index in [0.29, 0.717) is 5.75 Å². The van der Waals surface area contributed by atoms with E-state index in [4.69, 9.17) is 4.74 Å². The largest absolute Gasteiger partial charge is 0.493 e. The Labute approximate surface area is 109 Å². The van der Waals surface area contributed by atoms with Crippen LogP contribution in [0, 0.1) is 5.92 Å². The van der Waals surface area contributed by atoms with Gasteiger partial charge in [-0.1, -0.05) is 13.8 Å². The highest BCUT2D eigenvalue weighted by molar-refractivity contribution is 5.30. The second kappa shape index (κ2) is 5.71. The van der Waals surface area contributed by atoms with Gasteiger partial charge in [0.2, 0.25) is 0 Å². The molecule has 0 amide bonds. The number of nitrogens with zero attached hydrogens (tertiary/aromatic N) is 3. The molecular weight excluding hydrogens is 230 g/mol. The molecule has 1 rings (SSSR count). The van der Waals surface area contributed by atoms with Crippen molar-refractivity contribution in [2.45, 2.75) is 32.9 Å². The highest BCUT2D eigenvalue weighted by Gasteiger charge is 2.34. The summed E-state index contributed by atoms with van der Waals surface area (Å²) in [6, 6.07) is 0. The minimum absolute atomic E-state index is 0.0845. The Hall–Kier alpha value is -1.07. The van der Waals surface area contributed by atoms with Gasteiger partial charge in [0, 0.05) is 6.54 Å². The monoisotopic (exact) mass is 255 g/mol. The molecule has 0 aliphatic rings. The summed E-state index contributed by atoms with van der Waals surface area (Å²) in [7, 11) is 5.63. The van der Waals surface area contributed by atoms with Gasteiger partial charge in [-0.05, 0) is 26.9 Å². The Morgan fingerprint density at radius 1 is 1.50 bits per heavy atom. The molecule has 5 nitrogen and oxygen atoms in total. The van der Waals surface area contributed by atoms with Gasteiger partial charge in [0.15, 0.2) is 5.75 Å². The lowest BCUT2D eigenvalue weighted by atomic mass is 9.88. The Kier molecular flexibility index (Phi) is 4.76. The van der Waals surface area contributed by atoms with Crippen molar-refractivity contribution in [2.24, 2.45) is 5.92 Å². The fourth-order valence-corrected chi connectivity index (χ4v) is 1.77. The van der Waals surface area contributed by atoms with Crippen LogP contribution in [0.1, 0.15) is 26.5 Å². The topological polar surface area (TPSA) is 50.5 Å². The summed E-state index contributed by atoms with van der Waals surface area (Å²) >= 11 is 0. The van der Waals surface area contributed by atoms with E-state index >= 15 is 0 Å². The van der Waals surface area contributed by atoms with Crippen molar-refractivity contribution in [1.82, 2.24) is 14.7 Å². The molecule has 0 saturated carbocycles. The molecule has 18 heavy (non-hydrogen) atoms. The van der Waals surface area contributed by atoms with Crippen molar-refractivity contribution in [1.29, 1.82) is 0 Å². The van der Waals surface area contributed by atoms with Crippen LogP contribution in [0.2, 0.25) is 0 Å². The predicted octanol–water partition coefficient (Wildman–Crippen LogP) is 1.32. The third-order valence-electron chi connectivity index (χ3n) is 3.39. The standard InChI is InChI=1S/C13H25N3O2/c1-10(2)13(3,17)12-11(18-6)9-14-16(12)8-7-15(4)5/h9-10,17H,7-8H2,1-6H3. The molecule has 1 aromatic heterocycles. The van der Waals surface area contributed by atoms with Gasteiger partial charge in [0.25, 0.3) is 0 Å². The number of likely N-dealkylation sites (N-methyl/N-ethyl adjacent to an activating group) is 1. The van der Waals surface area contributed by atoms with E-state index in [2.05, 4.69) is 10.00 Å². The molecule has 0 aliphatic carbocycles. The smallest absolute Gasteiger partial charge is 0.162 e. The van der Waals surface area contributed by atoms with Gasteiger partial charge in [-0.25, -0.2) is 0 Å². The Morgan fingerprint density at radius 3 is 2.56 bits per heavy atom. The van der Waals surface area contributed by atoms with E-state index in [1.54, 1.807) is 13.3 Å². The van der Waals surface area contributed by atoms with E-state index in [1.807, 2.05) is 39.5 Å². The molecule has 1 unspecified atom stereocenters. The first-order chi connectivity index (χ1) is 8.30. The molecule has 104 valence electrons. The van der Waals surface area contributed by atoms with Gasteiger partial charge in [-0.3, -0.25) is 4.68 Å². The summed E-state index contributed by atoms with van der Waals surface area (Å²) < 4.78 is 7.14. The number of ether oxygens (including phenoxy) is 1. The fourth-order valence-electron chi connectivity index (χ4n) is 1.77. The zero-order chi connectivity index (χ0) is 13.9. The quantitative estimate of drug-likeness (QED) is 0.833. The molecule has 0 radical (unpaired) electrons. The maximum atomic E-state index is 10.7. The third-order valence-corrected chi connectivity index (χ3v) is 3.39. The summed E-state index contributed by atoms with van der Waals surface area (Å²) in [5.41, 5.74) is -0.199. The van der Waals surface area contributed by atoms with E-state index in [0.717, 1.165) is 18.8 Å². The van der Waals surface area contributed by atoms with Gasteiger partial charge in [-0.15, -0.1) is 0 Å². The summed E-state index contributed by atoms with van der Waals surface area (Å²) in [5, 5.41) is 15.0. The lowest BCUT2D eigenvalue weighted by molar-refractivity contribution is -0.00188. The van der Waals surface area contributed by atoms with Crippen LogP contribution in [0.4, 0.5) is 0 Å². The fraction of sp³-hybridized carbons (Fsp3) is 0.769. The summed E-state index contributed by atoms with van der Waals surface area (Å²) in [4.78, 5) is 2.09. The number of rotatable bonds is 6. The lowest BCUT2D eigenvalue weighted by Gasteiger charge is -2.29. The first-order valence-electron chi connectivity index (χ1n) is 6.28. The van der Waals surface area contributed by atoms with Crippen molar-refractivity contribution in [2.75, 3.05) is 27.7 Å². The van der Waals surface area contributed by atoms with Crippen LogP contribution in [0.3, 0.4) is 0 Å². The number of methoxy groups -OCH3 is 1.